The van der Waals surface area contributed by atoms with Gasteiger partial charge in [0.25, 0.3) is 5.91 Å². The van der Waals surface area contributed by atoms with Crippen LogP contribution in [0.2, 0.25) is 0 Å². The number of hydrogen-bond acceptors (Lipinski definition) is 3. The van der Waals surface area contributed by atoms with Crippen LogP contribution in [-0.4, -0.2) is 17.3 Å². The lowest BCUT2D eigenvalue weighted by molar-refractivity contribution is 0.0962. The molecule has 0 bridgehead atoms. The van der Waals surface area contributed by atoms with Crippen LogP contribution < -0.4 is 9.47 Å². The highest BCUT2D eigenvalue weighted by molar-refractivity contribution is 9.10. The largest absolute Gasteiger partial charge is 0.454 e. The topological polar surface area (TPSA) is 40.5 Å². The number of ether oxygens (including phenoxy) is 2. The van der Waals surface area contributed by atoms with Crippen molar-refractivity contribution in [2.75, 3.05) is 6.79 Å². The predicted molar refractivity (Wildman–Crippen MR) is 103 cm³/mol. The molecule has 2 heterocycles. The zero-order valence-electron chi connectivity index (χ0n) is 14.3. The van der Waals surface area contributed by atoms with Crippen LogP contribution in [-0.2, 0) is 12.8 Å². The molecule has 5 rings (SSSR count). The van der Waals surface area contributed by atoms with Crippen LogP contribution in [0.3, 0.4) is 0 Å². The first-order chi connectivity index (χ1) is 12.7. The molecule has 1 aromatic heterocycles. The van der Waals surface area contributed by atoms with Crippen LogP contribution in [0, 0.1) is 0 Å². The third-order valence-electron chi connectivity index (χ3n) is 5.29. The van der Waals surface area contributed by atoms with Gasteiger partial charge in [-0.25, -0.2) is 0 Å². The average molecular weight is 412 g/mol. The predicted octanol–water partition coefficient (Wildman–Crippen LogP) is 5.09. The van der Waals surface area contributed by atoms with E-state index in [-0.39, 0.29) is 12.7 Å². The lowest BCUT2D eigenvalue weighted by atomic mass is 10.1. The molecule has 132 valence electrons. The van der Waals surface area contributed by atoms with Crippen molar-refractivity contribution in [3.63, 3.8) is 0 Å². The van der Waals surface area contributed by atoms with Crippen LogP contribution in [0.5, 0.6) is 11.5 Å². The molecule has 2 aromatic carbocycles. The normalized spacial score (nSPS) is 15.7. The highest BCUT2D eigenvalue weighted by Gasteiger charge is 2.26. The van der Waals surface area contributed by atoms with Gasteiger partial charge in [-0.1, -0.05) is 28.4 Å². The molecule has 0 fully saturated rings. The first kappa shape index (κ1) is 15.9. The van der Waals surface area contributed by atoms with E-state index in [2.05, 4.69) is 15.9 Å². The first-order valence-electron chi connectivity index (χ1n) is 8.98. The SMILES string of the molecule is O=C(c1cccc(Br)c1)n1c2c(c3cc4c(cc31)OCO4)CCCCC2. The summed E-state index contributed by atoms with van der Waals surface area (Å²) in [4.78, 5) is 13.4. The maximum atomic E-state index is 13.4. The van der Waals surface area contributed by atoms with Crippen molar-refractivity contribution in [2.24, 2.45) is 0 Å². The molecule has 26 heavy (non-hydrogen) atoms. The molecule has 0 radical (unpaired) electrons. The Bertz CT molecular complexity index is 1040. The average Bonchev–Trinajstić information content (AvgIpc) is 3.12. The second-order valence-corrected chi connectivity index (χ2v) is 7.78. The third kappa shape index (κ3) is 2.45. The van der Waals surface area contributed by atoms with Gasteiger partial charge >= 0.3 is 0 Å². The van der Waals surface area contributed by atoms with E-state index in [1.165, 1.54) is 12.0 Å². The Labute approximate surface area is 159 Å². The van der Waals surface area contributed by atoms with Crippen LogP contribution in [0.15, 0.2) is 40.9 Å². The molecule has 0 unspecified atom stereocenters. The summed E-state index contributed by atoms with van der Waals surface area (Å²) in [6.07, 6.45) is 5.40. The van der Waals surface area contributed by atoms with Gasteiger partial charge in [-0.2, -0.15) is 0 Å². The van der Waals surface area contributed by atoms with Crippen molar-refractivity contribution in [1.29, 1.82) is 0 Å². The monoisotopic (exact) mass is 411 g/mol. The number of carbonyl (C=O) groups excluding carboxylic acids is 1. The Hall–Kier alpha value is -2.27. The van der Waals surface area contributed by atoms with E-state index in [0.29, 0.717) is 11.3 Å². The summed E-state index contributed by atoms with van der Waals surface area (Å²) in [5, 5.41) is 1.12. The molecule has 0 amide bonds. The number of benzene rings is 2. The summed E-state index contributed by atoms with van der Waals surface area (Å²) in [5.41, 5.74) is 4.04. The standard InChI is InChI=1S/C21H18BrNO3/c22-14-6-4-5-13(9-14)21(24)23-17-8-3-1-2-7-15(17)16-10-19-20(11-18(16)23)26-12-25-19/h4-6,9-11H,1-3,7-8,12H2. The van der Waals surface area contributed by atoms with Gasteiger partial charge in [0.2, 0.25) is 6.79 Å². The van der Waals surface area contributed by atoms with E-state index < -0.39 is 0 Å². The Morgan fingerprint density at radius 3 is 2.65 bits per heavy atom. The fraction of sp³-hybridized carbons (Fsp3) is 0.286. The molecule has 0 saturated carbocycles. The van der Waals surface area contributed by atoms with Gasteiger partial charge < -0.3 is 9.47 Å². The van der Waals surface area contributed by atoms with Crippen molar-refractivity contribution in [1.82, 2.24) is 4.57 Å². The third-order valence-corrected chi connectivity index (χ3v) is 5.78. The summed E-state index contributed by atoms with van der Waals surface area (Å²) in [6.45, 7) is 0.240. The summed E-state index contributed by atoms with van der Waals surface area (Å²) in [5.74, 6) is 1.50. The quantitative estimate of drug-likeness (QED) is 0.523. The first-order valence-corrected chi connectivity index (χ1v) is 9.78. The Morgan fingerprint density at radius 1 is 1.00 bits per heavy atom. The lowest BCUT2D eigenvalue weighted by Gasteiger charge is -2.10. The van der Waals surface area contributed by atoms with E-state index in [9.17, 15) is 4.79 Å². The molecular weight excluding hydrogens is 394 g/mol. The number of carbonyl (C=O) groups is 1. The number of aromatic nitrogens is 1. The minimum Gasteiger partial charge on any atom is -0.454 e. The Morgan fingerprint density at radius 2 is 1.81 bits per heavy atom. The van der Waals surface area contributed by atoms with Crippen molar-refractivity contribution in [3.05, 3.63) is 57.7 Å². The van der Waals surface area contributed by atoms with Gasteiger partial charge in [0.05, 0.1) is 5.52 Å². The smallest absolute Gasteiger partial charge is 0.262 e. The molecule has 5 heteroatoms. The van der Waals surface area contributed by atoms with Gasteiger partial charge in [0.1, 0.15) is 0 Å². The summed E-state index contributed by atoms with van der Waals surface area (Å²) >= 11 is 3.47. The molecule has 3 aromatic rings. The van der Waals surface area contributed by atoms with E-state index >= 15 is 0 Å². The zero-order chi connectivity index (χ0) is 17.7. The van der Waals surface area contributed by atoms with Crippen molar-refractivity contribution in [2.45, 2.75) is 32.1 Å². The van der Waals surface area contributed by atoms with Crippen molar-refractivity contribution in [3.8, 4) is 11.5 Å². The Balaban J connectivity index is 1.77. The Kier molecular flexibility index (Phi) is 3.78. The molecular formula is C21H18BrNO3. The molecule has 1 aliphatic heterocycles. The number of halogens is 1. The number of fused-ring (bicyclic) bond motifs is 4. The van der Waals surface area contributed by atoms with Gasteiger partial charge in [-0.15, -0.1) is 0 Å². The summed E-state index contributed by atoms with van der Waals surface area (Å²) in [6, 6.07) is 11.6. The molecule has 0 atom stereocenters. The highest BCUT2D eigenvalue weighted by atomic mass is 79.9. The molecule has 0 saturated heterocycles. The van der Waals surface area contributed by atoms with E-state index in [0.717, 1.165) is 52.5 Å². The van der Waals surface area contributed by atoms with E-state index in [4.69, 9.17) is 9.47 Å². The molecule has 0 N–H and O–H groups in total. The lowest BCUT2D eigenvalue weighted by Crippen LogP contribution is -2.15. The van der Waals surface area contributed by atoms with Crippen LogP contribution in [0.1, 0.15) is 40.9 Å². The fourth-order valence-electron chi connectivity index (χ4n) is 4.09. The minimum absolute atomic E-state index is 0.0123. The van der Waals surface area contributed by atoms with Crippen molar-refractivity contribution < 1.29 is 14.3 Å². The number of aryl methyl sites for hydroxylation is 1. The second kappa shape index (κ2) is 6.16. The van der Waals surface area contributed by atoms with E-state index in [1.807, 2.05) is 41.0 Å². The zero-order valence-corrected chi connectivity index (χ0v) is 15.8. The number of nitrogens with zero attached hydrogens (tertiary/aromatic N) is 1. The molecule has 1 aliphatic carbocycles. The van der Waals surface area contributed by atoms with Gasteiger partial charge in [-0.3, -0.25) is 9.36 Å². The maximum absolute atomic E-state index is 13.4. The highest BCUT2D eigenvalue weighted by Crippen LogP contribution is 2.41. The maximum Gasteiger partial charge on any atom is 0.262 e. The summed E-state index contributed by atoms with van der Waals surface area (Å²) < 4.78 is 14.0. The van der Waals surface area contributed by atoms with Gasteiger partial charge in [0.15, 0.2) is 11.5 Å². The minimum atomic E-state index is 0.0123. The van der Waals surface area contributed by atoms with Crippen molar-refractivity contribution >= 4 is 32.7 Å². The molecule has 0 spiro atoms. The summed E-state index contributed by atoms with van der Waals surface area (Å²) in [7, 11) is 0. The van der Waals surface area contributed by atoms with Gasteiger partial charge in [-0.05, 0) is 55.5 Å². The molecule has 4 nitrogen and oxygen atoms in total. The molecule has 2 aliphatic rings. The van der Waals surface area contributed by atoms with Crippen LogP contribution >= 0.6 is 15.9 Å². The second-order valence-electron chi connectivity index (χ2n) is 6.86. The van der Waals surface area contributed by atoms with E-state index in [1.54, 1.807) is 0 Å². The van der Waals surface area contributed by atoms with Gasteiger partial charge in [0, 0.05) is 27.2 Å². The van der Waals surface area contributed by atoms with Crippen LogP contribution in [0.25, 0.3) is 10.9 Å². The van der Waals surface area contributed by atoms with Crippen LogP contribution in [0.4, 0.5) is 0 Å². The number of rotatable bonds is 1. The number of hydrogen-bond donors (Lipinski definition) is 0. The fourth-order valence-corrected chi connectivity index (χ4v) is 4.49.